The highest BCUT2D eigenvalue weighted by Gasteiger charge is 2.32. The van der Waals surface area contributed by atoms with Gasteiger partial charge in [-0.2, -0.15) is 5.10 Å². The Hall–Kier alpha value is -2.55. The summed E-state index contributed by atoms with van der Waals surface area (Å²) in [7, 11) is 1.45. The minimum Gasteiger partial charge on any atom is -0.504 e. The Balaban J connectivity index is 2.01. The zero-order valence-electron chi connectivity index (χ0n) is 11.5. The monoisotopic (exact) mass is 323 g/mol. The summed E-state index contributed by atoms with van der Waals surface area (Å²) in [5.41, 5.74) is 0.596. The summed E-state index contributed by atoms with van der Waals surface area (Å²) < 4.78 is 4.92. The van der Waals surface area contributed by atoms with Crippen molar-refractivity contribution in [3.63, 3.8) is 0 Å². The molecular weight excluding hydrogens is 310 g/mol. The van der Waals surface area contributed by atoms with Crippen LogP contribution in [0.5, 0.6) is 11.5 Å². The number of carbonyl (C=O) groups is 2. The molecule has 0 bridgehead atoms. The molecule has 8 nitrogen and oxygen atoms in total. The minimum atomic E-state index is -1.05. The molecule has 1 heterocycles. The van der Waals surface area contributed by atoms with Gasteiger partial charge in [0.15, 0.2) is 16.7 Å². The predicted molar refractivity (Wildman–Crippen MR) is 81.5 cm³/mol. The van der Waals surface area contributed by atoms with Crippen molar-refractivity contribution >= 4 is 35.0 Å². The lowest BCUT2D eigenvalue weighted by Crippen LogP contribution is -2.26. The van der Waals surface area contributed by atoms with Crippen LogP contribution < -0.4 is 10.1 Å². The molecule has 1 unspecified atom stereocenters. The first-order valence-electron chi connectivity index (χ1n) is 6.17. The maximum Gasteiger partial charge on any atom is 0.305 e. The van der Waals surface area contributed by atoms with Gasteiger partial charge in [-0.1, -0.05) is 11.8 Å². The normalized spacial score (nSPS) is 19.6. The van der Waals surface area contributed by atoms with Crippen LogP contribution in [-0.2, 0) is 9.59 Å². The molecule has 0 aromatic heterocycles. The van der Waals surface area contributed by atoms with E-state index in [0.717, 1.165) is 11.8 Å². The Bertz CT molecular complexity index is 659. The van der Waals surface area contributed by atoms with Crippen molar-refractivity contribution in [2.75, 3.05) is 7.11 Å². The Morgan fingerprint density at radius 3 is 2.95 bits per heavy atom. The highest BCUT2D eigenvalue weighted by molar-refractivity contribution is 8.15. The molecule has 116 valence electrons. The van der Waals surface area contributed by atoms with Crippen molar-refractivity contribution in [1.29, 1.82) is 0 Å². The Kier molecular flexibility index (Phi) is 4.99. The van der Waals surface area contributed by atoms with Crippen LogP contribution in [0.3, 0.4) is 0 Å². The molecule has 0 spiro atoms. The number of methoxy groups -OCH3 is 1. The van der Waals surface area contributed by atoms with Gasteiger partial charge in [0.1, 0.15) is 5.25 Å². The second-order valence-electron chi connectivity index (χ2n) is 4.27. The Morgan fingerprint density at radius 2 is 2.32 bits per heavy atom. The summed E-state index contributed by atoms with van der Waals surface area (Å²) >= 11 is 1.02. The number of phenols is 1. The van der Waals surface area contributed by atoms with Gasteiger partial charge in [-0.3, -0.25) is 9.59 Å². The molecule has 1 atom stereocenters. The summed E-state index contributed by atoms with van der Waals surface area (Å²) in [6, 6.07) is 4.71. The molecule has 9 heteroatoms. The van der Waals surface area contributed by atoms with E-state index in [9.17, 15) is 14.7 Å². The van der Waals surface area contributed by atoms with Crippen LogP contribution in [0.1, 0.15) is 12.0 Å². The maximum atomic E-state index is 11.5. The summed E-state index contributed by atoms with van der Waals surface area (Å²) in [5.74, 6) is -1.13. The molecule has 1 aliphatic heterocycles. The molecule has 1 amide bonds. The number of aromatic hydroxyl groups is 1. The van der Waals surface area contributed by atoms with Gasteiger partial charge in [0.2, 0.25) is 5.91 Å². The molecule has 1 saturated heterocycles. The molecular formula is C13H13N3O5S. The van der Waals surface area contributed by atoms with E-state index in [2.05, 4.69) is 15.5 Å². The third-order valence-electron chi connectivity index (χ3n) is 2.69. The van der Waals surface area contributed by atoms with E-state index < -0.39 is 17.1 Å². The van der Waals surface area contributed by atoms with E-state index in [1.165, 1.54) is 19.4 Å². The fourth-order valence-electron chi connectivity index (χ4n) is 1.68. The predicted octanol–water partition coefficient (Wildman–Crippen LogP) is 0.797. The largest absolute Gasteiger partial charge is 0.504 e. The van der Waals surface area contributed by atoms with E-state index in [0.29, 0.717) is 11.3 Å². The SMILES string of the molecule is COc1ccc(/C=N/N=C2/NC(=O)C(CC(=O)O)S2)cc1O. The van der Waals surface area contributed by atoms with Crippen LogP contribution in [0.4, 0.5) is 0 Å². The summed E-state index contributed by atoms with van der Waals surface area (Å²) in [4.78, 5) is 22.1. The molecule has 1 aliphatic rings. The number of thioether (sulfide) groups is 1. The van der Waals surface area contributed by atoms with Crippen molar-refractivity contribution in [3.8, 4) is 11.5 Å². The topological polar surface area (TPSA) is 121 Å². The van der Waals surface area contributed by atoms with Crippen molar-refractivity contribution < 1.29 is 24.5 Å². The number of hydrogen-bond acceptors (Lipinski definition) is 7. The number of carboxylic acid groups (broad SMARTS) is 1. The number of ether oxygens (including phenoxy) is 1. The first-order valence-corrected chi connectivity index (χ1v) is 7.05. The second-order valence-corrected chi connectivity index (χ2v) is 5.47. The zero-order valence-corrected chi connectivity index (χ0v) is 12.3. The third kappa shape index (κ3) is 3.98. The van der Waals surface area contributed by atoms with Crippen molar-refractivity contribution in [2.45, 2.75) is 11.7 Å². The van der Waals surface area contributed by atoms with E-state index in [1.807, 2.05) is 0 Å². The number of rotatable bonds is 5. The van der Waals surface area contributed by atoms with Crippen LogP contribution in [0.2, 0.25) is 0 Å². The molecule has 0 saturated carbocycles. The summed E-state index contributed by atoms with van der Waals surface area (Å²) in [5, 5.41) is 27.9. The highest BCUT2D eigenvalue weighted by atomic mass is 32.2. The first-order chi connectivity index (χ1) is 10.5. The highest BCUT2D eigenvalue weighted by Crippen LogP contribution is 2.25. The van der Waals surface area contributed by atoms with Gasteiger partial charge < -0.3 is 20.3 Å². The number of phenolic OH excluding ortho intramolecular Hbond substituents is 1. The quantitative estimate of drug-likeness (QED) is 0.544. The number of carbonyl (C=O) groups excluding carboxylic acids is 1. The van der Waals surface area contributed by atoms with Crippen molar-refractivity contribution in [2.24, 2.45) is 10.2 Å². The molecule has 2 rings (SSSR count). The van der Waals surface area contributed by atoms with Gasteiger partial charge in [-0.15, -0.1) is 5.10 Å². The van der Waals surface area contributed by atoms with Crippen molar-refractivity contribution in [1.82, 2.24) is 5.32 Å². The third-order valence-corrected chi connectivity index (χ3v) is 3.77. The minimum absolute atomic E-state index is 0.0239. The van der Waals surface area contributed by atoms with Crippen molar-refractivity contribution in [3.05, 3.63) is 23.8 Å². The molecule has 0 aliphatic carbocycles. The van der Waals surface area contributed by atoms with Gasteiger partial charge >= 0.3 is 5.97 Å². The number of hydrogen-bond donors (Lipinski definition) is 3. The maximum absolute atomic E-state index is 11.5. The lowest BCUT2D eigenvalue weighted by Gasteiger charge is -2.02. The van der Waals surface area contributed by atoms with Crippen LogP contribution in [0.25, 0.3) is 0 Å². The number of aliphatic carboxylic acids is 1. The van der Waals surface area contributed by atoms with E-state index in [1.54, 1.807) is 12.1 Å². The first kappa shape index (κ1) is 15.8. The molecule has 0 radical (unpaired) electrons. The Labute approximate surface area is 129 Å². The molecule has 22 heavy (non-hydrogen) atoms. The fraction of sp³-hybridized carbons (Fsp3) is 0.231. The second kappa shape index (κ2) is 6.94. The lowest BCUT2D eigenvalue weighted by atomic mass is 10.2. The van der Waals surface area contributed by atoms with Crippen LogP contribution >= 0.6 is 11.8 Å². The summed E-state index contributed by atoms with van der Waals surface area (Å²) in [6.45, 7) is 0. The van der Waals surface area contributed by atoms with Crippen LogP contribution in [-0.4, -0.2) is 45.8 Å². The smallest absolute Gasteiger partial charge is 0.305 e. The van der Waals surface area contributed by atoms with E-state index >= 15 is 0 Å². The number of carboxylic acids is 1. The Morgan fingerprint density at radius 1 is 1.55 bits per heavy atom. The van der Waals surface area contributed by atoms with Gasteiger partial charge in [0.25, 0.3) is 0 Å². The molecule has 1 aromatic rings. The fourth-order valence-corrected chi connectivity index (χ4v) is 2.60. The van der Waals surface area contributed by atoms with E-state index in [4.69, 9.17) is 9.84 Å². The number of nitrogens with zero attached hydrogens (tertiary/aromatic N) is 2. The van der Waals surface area contributed by atoms with Gasteiger partial charge in [-0.25, -0.2) is 0 Å². The average Bonchev–Trinajstić information content (AvgIpc) is 2.78. The van der Waals surface area contributed by atoms with Gasteiger partial charge in [0.05, 0.1) is 19.7 Å². The van der Waals surface area contributed by atoms with Crippen LogP contribution in [0, 0.1) is 0 Å². The van der Waals surface area contributed by atoms with Gasteiger partial charge in [0, 0.05) is 0 Å². The number of benzene rings is 1. The number of amides is 1. The molecule has 1 aromatic carbocycles. The lowest BCUT2D eigenvalue weighted by molar-refractivity contribution is -0.138. The number of nitrogens with one attached hydrogen (secondary N) is 1. The van der Waals surface area contributed by atoms with E-state index in [-0.39, 0.29) is 17.3 Å². The molecule has 3 N–H and O–H groups in total. The summed E-state index contributed by atoms with van der Waals surface area (Å²) in [6.07, 6.45) is 1.12. The number of amidine groups is 1. The van der Waals surface area contributed by atoms with Crippen LogP contribution in [0.15, 0.2) is 28.4 Å². The van der Waals surface area contributed by atoms with Gasteiger partial charge in [-0.05, 0) is 23.8 Å². The molecule has 1 fully saturated rings. The zero-order chi connectivity index (χ0) is 16.1. The standard InChI is InChI=1S/C13H13N3O5S/c1-21-9-3-2-7(4-8(9)17)6-14-16-13-15-12(20)10(22-13)5-11(18)19/h2-4,6,10,17H,5H2,1H3,(H,18,19)(H,15,16,20)/b14-6+. The average molecular weight is 323 g/mol.